The van der Waals surface area contributed by atoms with Gasteiger partial charge < -0.3 is 5.73 Å². The van der Waals surface area contributed by atoms with Gasteiger partial charge in [0.2, 0.25) is 5.91 Å². The van der Waals surface area contributed by atoms with E-state index >= 15 is 0 Å². The van der Waals surface area contributed by atoms with Crippen molar-refractivity contribution in [2.45, 2.75) is 38.8 Å². The number of rotatable bonds is 5. The van der Waals surface area contributed by atoms with Crippen LogP contribution in [0.2, 0.25) is 10.0 Å². The van der Waals surface area contributed by atoms with Gasteiger partial charge in [0.05, 0.1) is 0 Å². The third-order valence-corrected chi connectivity index (χ3v) is 3.67. The minimum absolute atomic E-state index is 0.137. The van der Waals surface area contributed by atoms with Crippen molar-refractivity contribution >= 4 is 29.1 Å². The fraction of sp³-hybridized carbons (Fsp3) is 0.462. The van der Waals surface area contributed by atoms with E-state index in [2.05, 4.69) is 5.32 Å². The highest BCUT2D eigenvalue weighted by Gasteiger charge is 2.36. The molecule has 18 heavy (non-hydrogen) atoms. The van der Waals surface area contributed by atoms with E-state index in [9.17, 15) is 4.79 Å². The second-order valence-corrected chi connectivity index (χ2v) is 5.41. The van der Waals surface area contributed by atoms with Crippen molar-refractivity contribution in [3.05, 3.63) is 33.8 Å². The Bertz CT molecular complexity index is 451. The van der Waals surface area contributed by atoms with E-state index < -0.39 is 11.4 Å². The van der Waals surface area contributed by atoms with Crippen molar-refractivity contribution in [2.75, 3.05) is 0 Å². The highest BCUT2D eigenvalue weighted by atomic mass is 35.5. The largest absolute Gasteiger partial charge is 0.368 e. The van der Waals surface area contributed by atoms with Gasteiger partial charge in [0.25, 0.3) is 0 Å². The quantitative estimate of drug-likeness (QED) is 0.875. The first-order chi connectivity index (χ1) is 8.31. The van der Waals surface area contributed by atoms with Crippen LogP contribution in [0, 0.1) is 0 Å². The normalized spacial score (nSPS) is 16.1. The molecule has 1 rings (SSSR count). The zero-order valence-electron chi connectivity index (χ0n) is 10.8. The van der Waals surface area contributed by atoms with Crippen LogP contribution in [-0.4, -0.2) is 11.9 Å². The Kier molecular flexibility index (Phi) is 5.02. The number of hydrogen-bond donors (Lipinski definition) is 2. The molecule has 0 spiro atoms. The van der Waals surface area contributed by atoms with Crippen LogP contribution in [0.4, 0.5) is 0 Å². The third kappa shape index (κ3) is 3.16. The molecule has 0 radical (unpaired) electrons. The first-order valence-electron chi connectivity index (χ1n) is 5.84. The highest BCUT2D eigenvalue weighted by molar-refractivity contribution is 6.34. The maximum absolute atomic E-state index is 11.8. The van der Waals surface area contributed by atoms with Crippen molar-refractivity contribution in [1.82, 2.24) is 5.32 Å². The van der Waals surface area contributed by atoms with Crippen LogP contribution in [0.5, 0.6) is 0 Å². The lowest BCUT2D eigenvalue weighted by Gasteiger charge is -2.32. The van der Waals surface area contributed by atoms with E-state index in [1.54, 1.807) is 25.1 Å². The van der Waals surface area contributed by atoms with Gasteiger partial charge in [-0.05, 0) is 38.5 Å². The Morgan fingerprint density at radius 1 is 1.50 bits per heavy atom. The maximum Gasteiger partial charge on any atom is 0.242 e. The van der Waals surface area contributed by atoms with Gasteiger partial charge in [-0.25, -0.2) is 0 Å². The van der Waals surface area contributed by atoms with Gasteiger partial charge >= 0.3 is 0 Å². The van der Waals surface area contributed by atoms with Gasteiger partial charge in [-0.2, -0.15) is 0 Å². The number of hydrogen-bond acceptors (Lipinski definition) is 2. The van der Waals surface area contributed by atoms with Gasteiger partial charge in [0.1, 0.15) is 5.54 Å². The molecule has 0 aliphatic rings. The minimum atomic E-state index is -1.03. The second-order valence-electron chi connectivity index (χ2n) is 4.57. The third-order valence-electron chi connectivity index (χ3n) is 3.11. The summed E-state index contributed by atoms with van der Waals surface area (Å²) in [6.45, 7) is 5.73. The Morgan fingerprint density at radius 3 is 2.61 bits per heavy atom. The first kappa shape index (κ1) is 15.3. The summed E-state index contributed by atoms with van der Waals surface area (Å²) >= 11 is 12.1. The molecule has 100 valence electrons. The molecule has 0 aliphatic heterocycles. The Labute approximate surface area is 118 Å². The summed E-state index contributed by atoms with van der Waals surface area (Å²) in [6.07, 6.45) is 0.876. The summed E-state index contributed by atoms with van der Waals surface area (Å²) in [7, 11) is 0. The topological polar surface area (TPSA) is 55.1 Å². The maximum atomic E-state index is 11.8. The number of benzene rings is 1. The van der Waals surface area contributed by atoms with E-state index in [0.717, 1.165) is 6.42 Å². The average molecular weight is 289 g/mol. The lowest BCUT2D eigenvalue weighted by molar-refractivity contribution is -0.124. The fourth-order valence-electron chi connectivity index (χ4n) is 1.76. The molecule has 3 N–H and O–H groups in total. The molecule has 2 atom stereocenters. The molecule has 5 heteroatoms. The lowest BCUT2D eigenvalue weighted by Crippen LogP contribution is -2.53. The van der Waals surface area contributed by atoms with Crippen LogP contribution < -0.4 is 11.1 Å². The first-order valence-corrected chi connectivity index (χ1v) is 6.60. The van der Waals surface area contributed by atoms with Gasteiger partial charge in [-0.3, -0.25) is 10.1 Å². The molecular formula is C13H18Cl2N2O. The SMILES string of the molecule is CCC(C)NC(C)(C(N)=O)c1cc(Cl)ccc1Cl. The molecule has 0 saturated heterocycles. The van der Waals surface area contributed by atoms with E-state index in [1.807, 2.05) is 13.8 Å². The lowest BCUT2D eigenvalue weighted by atomic mass is 9.90. The van der Waals surface area contributed by atoms with Crippen molar-refractivity contribution in [2.24, 2.45) is 5.73 Å². The van der Waals surface area contributed by atoms with Gasteiger partial charge in [-0.15, -0.1) is 0 Å². The number of carbonyl (C=O) groups excluding carboxylic acids is 1. The number of carbonyl (C=O) groups is 1. The van der Waals surface area contributed by atoms with Crippen LogP contribution in [0.15, 0.2) is 18.2 Å². The van der Waals surface area contributed by atoms with Crippen molar-refractivity contribution in [3.8, 4) is 0 Å². The number of amides is 1. The van der Waals surface area contributed by atoms with Crippen LogP contribution in [0.25, 0.3) is 0 Å². The van der Waals surface area contributed by atoms with E-state index in [4.69, 9.17) is 28.9 Å². The number of halogens is 2. The molecule has 1 amide bonds. The summed E-state index contributed by atoms with van der Waals surface area (Å²) in [5.74, 6) is -0.480. The average Bonchev–Trinajstić information content (AvgIpc) is 2.31. The Balaban J connectivity index is 3.26. The molecule has 2 unspecified atom stereocenters. The van der Waals surface area contributed by atoms with Crippen LogP contribution in [-0.2, 0) is 10.3 Å². The summed E-state index contributed by atoms with van der Waals surface area (Å²) in [5.41, 5.74) is 5.09. The summed E-state index contributed by atoms with van der Waals surface area (Å²) < 4.78 is 0. The van der Waals surface area contributed by atoms with Gasteiger partial charge in [0, 0.05) is 21.7 Å². The fourth-order valence-corrected chi connectivity index (χ4v) is 2.24. The molecular weight excluding hydrogens is 271 g/mol. The monoisotopic (exact) mass is 288 g/mol. The highest BCUT2D eigenvalue weighted by Crippen LogP contribution is 2.31. The molecule has 0 bridgehead atoms. The summed E-state index contributed by atoms with van der Waals surface area (Å²) in [5, 5.41) is 4.20. The zero-order chi connectivity index (χ0) is 13.9. The molecule has 0 fully saturated rings. The van der Waals surface area contributed by atoms with E-state index in [-0.39, 0.29) is 6.04 Å². The Morgan fingerprint density at radius 2 is 2.11 bits per heavy atom. The molecule has 0 aliphatic carbocycles. The van der Waals surface area contributed by atoms with E-state index in [1.165, 1.54) is 0 Å². The zero-order valence-corrected chi connectivity index (χ0v) is 12.3. The molecule has 0 saturated carbocycles. The van der Waals surface area contributed by atoms with Crippen LogP contribution in [0.1, 0.15) is 32.8 Å². The van der Waals surface area contributed by atoms with Crippen LogP contribution in [0.3, 0.4) is 0 Å². The summed E-state index contributed by atoms with van der Waals surface area (Å²) in [4.78, 5) is 11.8. The van der Waals surface area contributed by atoms with E-state index in [0.29, 0.717) is 15.6 Å². The smallest absolute Gasteiger partial charge is 0.242 e. The van der Waals surface area contributed by atoms with Gasteiger partial charge in [0.15, 0.2) is 0 Å². The molecule has 0 heterocycles. The number of nitrogens with one attached hydrogen (secondary N) is 1. The molecule has 3 nitrogen and oxygen atoms in total. The van der Waals surface area contributed by atoms with Crippen molar-refractivity contribution in [3.63, 3.8) is 0 Å². The van der Waals surface area contributed by atoms with Gasteiger partial charge in [-0.1, -0.05) is 30.1 Å². The standard InChI is InChI=1S/C13H18Cl2N2O/c1-4-8(2)17-13(3,12(16)18)10-7-9(14)5-6-11(10)15/h5-8,17H,4H2,1-3H3,(H2,16,18). The minimum Gasteiger partial charge on any atom is -0.368 e. The predicted molar refractivity (Wildman–Crippen MR) is 75.9 cm³/mol. The summed E-state index contributed by atoms with van der Waals surface area (Å²) in [6, 6.07) is 5.15. The molecule has 0 aromatic heterocycles. The second kappa shape index (κ2) is 5.91. The predicted octanol–water partition coefficient (Wildman–Crippen LogP) is 3.08. The number of primary amides is 1. The van der Waals surface area contributed by atoms with Crippen molar-refractivity contribution in [1.29, 1.82) is 0 Å². The molecule has 1 aromatic carbocycles. The molecule has 1 aromatic rings. The Hall–Kier alpha value is -0.770. The number of nitrogens with two attached hydrogens (primary N) is 1. The van der Waals surface area contributed by atoms with Crippen molar-refractivity contribution < 1.29 is 4.79 Å². The van der Waals surface area contributed by atoms with Crippen LogP contribution >= 0.6 is 23.2 Å².